The van der Waals surface area contributed by atoms with Crippen molar-refractivity contribution in [2.45, 2.75) is 50.0 Å². The fourth-order valence-corrected chi connectivity index (χ4v) is 5.11. The molecule has 1 aliphatic rings. The minimum absolute atomic E-state index is 0.397. The maximum atomic E-state index is 12.1. The van der Waals surface area contributed by atoms with Crippen LogP contribution in [0.1, 0.15) is 43.4 Å². The summed E-state index contributed by atoms with van der Waals surface area (Å²) in [5.41, 5.74) is 0. The lowest BCUT2D eigenvalue weighted by Crippen LogP contribution is -2.24. The van der Waals surface area contributed by atoms with Crippen LogP contribution in [0.5, 0.6) is 0 Å². The van der Waals surface area contributed by atoms with Gasteiger partial charge in [0.25, 0.3) is 0 Å². The zero-order valence-electron chi connectivity index (χ0n) is 12.0. The molecule has 0 spiro atoms. The summed E-state index contributed by atoms with van der Waals surface area (Å²) < 4.78 is 27.0. The van der Waals surface area contributed by atoms with Gasteiger partial charge in [-0.05, 0) is 31.9 Å². The summed E-state index contributed by atoms with van der Waals surface area (Å²) in [6.45, 7) is 1.26. The van der Waals surface area contributed by atoms with Crippen molar-refractivity contribution in [2.75, 3.05) is 13.6 Å². The standard InChI is InChI=1S/C14H24N2O2S2/c1-15-10-13-9-14(11-19-13)20(17,18)16-8-4-7-12-5-2-3-6-12/h9,11-12,15-16H,2-8,10H2,1H3. The summed E-state index contributed by atoms with van der Waals surface area (Å²) in [5.74, 6) is 0.822. The van der Waals surface area contributed by atoms with Crippen molar-refractivity contribution in [1.82, 2.24) is 10.0 Å². The molecule has 4 nitrogen and oxygen atoms in total. The van der Waals surface area contributed by atoms with Crippen LogP contribution in [0, 0.1) is 5.92 Å². The van der Waals surface area contributed by atoms with Gasteiger partial charge in [-0.2, -0.15) is 0 Å². The molecular weight excluding hydrogens is 292 g/mol. The molecule has 1 aromatic heterocycles. The van der Waals surface area contributed by atoms with Crippen molar-refractivity contribution in [3.05, 3.63) is 16.3 Å². The molecule has 1 aliphatic carbocycles. The van der Waals surface area contributed by atoms with E-state index in [0.717, 1.165) is 23.6 Å². The van der Waals surface area contributed by atoms with Crippen LogP contribution < -0.4 is 10.0 Å². The molecule has 2 N–H and O–H groups in total. The molecule has 0 radical (unpaired) electrons. The number of sulfonamides is 1. The number of rotatable bonds is 8. The number of thiophene rings is 1. The van der Waals surface area contributed by atoms with E-state index >= 15 is 0 Å². The molecule has 0 aliphatic heterocycles. The maximum absolute atomic E-state index is 12.1. The second kappa shape index (κ2) is 7.54. The summed E-state index contributed by atoms with van der Waals surface area (Å²) in [6.07, 6.45) is 7.43. The second-order valence-electron chi connectivity index (χ2n) is 5.47. The van der Waals surface area contributed by atoms with Crippen LogP contribution in [0.3, 0.4) is 0 Å². The van der Waals surface area contributed by atoms with E-state index in [1.165, 1.54) is 37.0 Å². The Bertz CT molecular complexity index is 505. The molecule has 0 bridgehead atoms. The Kier molecular flexibility index (Phi) is 6.01. The SMILES string of the molecule is CNCc1cc(S(=O)(=O)NCCCC2CCCC2)cs1. The van der Waals surface area contributed by atoms with Crippen LogP contribution in [0.15, 0.2) is 16.3 Å². The van der Waals surface area contributed by atoms with Crippen LogP contribution in [-0.4, -0.2) is 22.0 Å². The van der Waals surface area contributed by atoms with Crippen LogP contribution in [-0.2, 0) is 16.6 Å². The third kappa shape index (κ3) is 4.55. The summed E-state index contributed by atoms with van der Waals surface area (Å²) in [4.78, 5) is 1.44. The zero-order chi connectivity index (χ0) is 14.4. The van der Waals surface area contributed by atoms with Crippen LogP contribution >= 0.6 is 11.3 Å². The summed E-state index contributed by atoms with van der Waals surface area (Å²) in [5, 5.41) is 4.74. The molecule has 0 atom stereocenters. The van der Waals surface area contributed by atoms with Gasteiger partial charge in [-0.3, -0.25) is 0 Å². The Morgan fingerprint density at radius 3 is 2.80 bits per heavy atom. The predicted molar refractivity (Wildman–Crippen MR) is 83.5 cm³/mol. The van der Waals surface area contributed by atoms with Crippen LogP contribution in [0.2, 0.25) is 0 Å². The smallest absolute Gasteiger partial charge is 0.241 e. The highest BCUT2D eigenvalue weighted by Crippen LogP contribution is 2.28. The van der Waals surface area contributed by atoms with Gasteiger partial charge < -0.3 is 5.32 Å². The van der Waals surface area contributed by atoms with Crippen molar-refractivity contribution >= 4 is 21.4 Å². The Morgan fingerprint density at radius 2 is 2.10 bits per heavy atom. The average Bonchev–Trinajstić information content (AvgIpc) is 3.06. The Morgan fingerprint density at radius 1 is 1.35 bits per heavy atom. The summed E-state index contributed by atoms with van der Waals surface area (Å²) >= 11 is 1.48. The monoisotopic (exact) mass is 316 g/mol. The molecule has 1 fully saturated rings. The largest absolute Gasteiger partial charge is 0.315 e. The highest BCUT2D eigenvalue weighted by atomic mass is 32.2. The van der Waals surface area contributed by atoms with Crippen molar-refractivity contribution < 1.29 is 8.42 Å². The highest BCUT2D eigenvalue weighted by Gasteiger charge is 2.17. The lowest BCUT2D eigenvalue weighted by Gasteiger charge is -2.09. The summed E-state index contributed by atoms with van der Waals surface area (Å²) in [7, 11) is -1.46. The van der Waals surface area contributed by atoms with Crippen molar-refractivity contribution in [3.8, 4) is 0 Å². The van der Waals surface area contributed by atoms with Crippen LogP contribution in [0.4, 0.5) is 0 Å². The predicted octanol–water partition coefficient (Wildman–Crippen LogP) is 2.72. The van der Waals surface area contributed by atoms with E-state index in [0.29, 0.717) is 18.0 Å². The first kappa shape index (κ1) is 15.9. The van der Waals surface area contributed by atoms with Gasteiger partial charge in [0.1, 0.15) is 0 Å². The Hall–Kier alpha value is -0.430. The van der Waals surface area contributed by atoms with E-state index in [1.807, 2.05) is 7.05 Å². The molecule has 2 rings (SSSR count). The molecule has 1 saturated carbocycles. The third-order valence-electron chi connectivity index (χ3n) is 3.85. The molecular formula is C14H24N2O2S2. The molecule has 20 heavy (non-hydrogen) atoms. The highest BCUT2D eigenvalue weighted by molar-refractivity contribution is 7.89. The Labute approximate surface area is 126 Å². The normalized spacial score (nSPS) is 16.9. The van der Waals surface area contributed by atoms with E-state index in [2.05, 4.69) is 10.0 Å². The van der Waals surface area contributed by atoms with Crippen LogP contribution in [0.25, 0.3) is 0 Å². The quantitative estimate of drug-likeness (QED) is 0.725. The van der Waals surface area contributed by atoms with E-state index in [9.17, 15) is 8.42 Å². The maximum Gasteiger partial charge on any atom is 0.241 e. The van der Waals surface area contributed by atoms with Gasteiger partial charge in [0, 0.05) is 23.3 Å². The van der Waals surface area contributed by atoms with E-state index in [1.54, 1.807) is 11.4 Å². The molecule has 114 valence electrons. The molecule has 1 heterocycles. The Balaban J connectivity index is 1.77. The minimum Gasteiger partial charge on any atom is -0.315 e. The number of hydrogen-bond acceptors (Lipinski definition) is 4. The lowest BCUT2D eigenvalue weighted by molar-refractivity contribution is 0.480. The summed E-state index contributed by atoms with van der Waals surface area (Å²) in [6, 6.07) is 1.75. The molecule has 0 amide bonds. The molecule has 0 aromatic carbocycles. The molecule has 0 unspecified atom stereocenters. The zero-order valence-corrected chi connectivity index (χ0v) is 13.7. The topological polar surface area (TPSA) is 58.2 Å². The second-order valence-corrected chi connectivity index (χ2v) is 8.23. The van der Waals surface area contributed by atoms with E-state index in [-0.39, 0.29) is 0 Å². The number of hydrogen-bond donors (Lipinski definition) is 2. The van der Waals surface area contributed by atoms with Gasteiger partial charge in [-0.1, -0.05) is 25.7 Å². The van der Waals surface area contributed by atoms with Gasteiger partial charge in [0.2, 0.25) is 10.0 Å². The minimum atomic E-state index is -3.32. The first-order valence-electron chi connectivity index (χ1n) is 7.33. The fraction of sp³-hybridized carbons (Fsp3) is 0.714. The lowest BCUT2D eigenvalue weighted by atomic mass is 10.0. The van der Waals surface area contributed by atoms with Gasteiger partial charge in [-0.15, -0.1) is 11.3 Å². The average molecular weight is 316 g/mol. The number of nitrogens with one attached hydrogen (secondary N) is 2. The molecule has 1 aromatic rings. The fourth-order valence-electron chi connectivity index (χ4n) is 2.75. The van der Waals surface area contributed by atoms with E-state index < -0.39 is 10.0 Å². The van der Waals surface area contributed by atoms with Crippen molar-refractivity contribution in [2.24, 2.45) is 5.92 Å². The van der Waals surface area contributed by atoms with Gasteiger partial charge in [0.05, 0.1) is 4.90 Å². The first-order valence-corrected chi connectivity index (χ1v) is 9.70. The molecule has 0 saturated heterocycles. The van der Waals surface area contributed by atoms with Crippen molar-refractivity contribution in [1.29, 1.82) is 0 Å². The first-order chi connectivity index (χ1) is 9.62. The van der Waals surface area contributed by atoms with Crippen molar-refractivity contribution in [3.63, 3.8) is 0 Å². The molecule has 6 heteroatoms. The van der Waals surface area contributed by atoms with Gasteiger partial charge in [-0.25, -0.2) is 13.1 Å². The van der Waals surface area contributed by atoms with Gasteiger partial charge in [0.15, 0.2) is 0 Å². The van der Waals surface area contributed by atoms with Gasteiger partial charge >= 0.3 is 0 Å². The third-order valence-corrected chi connectivity index (χ3v) is 6.37. The van der Waals surface area contributed by atoms with E-state index in [4.69, 9.17) is 0 Å².